The minimum atomic E-state index is -0.370. The first-order valence-electron chi connectivity index (χ1n) is 13.4. The lowest BCUT2D eigenvalue weighted by atomic mass is 9.92. The number of hydrogen-bond acceptors (Lipinski definition) is 6. The van der Waals surface area contributed by atoms with Gasteiger partial charge < -0.3 is 34.5 Å². The van der Waals surface area contributed by atoms with Crippen LogP contribution < -0.4 is 15.4 Å². The second-order valence-electron chi connectivity index (χ2n) is 11.0. The number of aliphatic hydroxyl groups excluding tert-OH is 1. The van der Waals surface area contributed by atoms with Gasteiger partial charge in [-0.2, -0.15) is 0 Å². The number of benzene rings is 2. The summed E-state index contributed by atoms with van der Waals surface area (Å²) in [6.07, 6.45) is 2.56. The lowest BCUT2D eigenvalue weighted by molar-refractivity contribution is 0.0657. The number of imidazole rings is 1. The number of carbonyl (C=O) groups is 1. The highest BCUT2D eigenvalue weighted by Gasteiger charge is 2.31. The van der Waals surface area contributed by atoms with Crippen molar-refractivity contribution in [2.75, 3.05) is 44.8 Å². The van der Waals surface area contributed by atoms with Gasteiger partial charge in [-0.3, -0.25) is 4.79 Å². The maximum absolute atomic E-state index is 13.5. The van der Waals surface area contributed by atoms with Crippen molar-refractivity contribution in [3.05, 3.63) is 42.0 Å². The van der Waals surface area contributed by atoms with Gasteiger partial charge in [0, 0.05) is 62.9 Å². The highest BCUT2D eigenvalue weighted by molar-refractivity contribution is 6.01. The number of hydrogen-bond donors (Lipinski definition) is 2. The Labute approximate surface area is 222 Å². The molecular formula is C29H36N6O3. The predicted octanol–water partition coefficient (Wildman–Crippen LogP) is 3.36. The van der Waals surface area contributed by atoms with Crippen molar-refractivity contribution in [2.24, 2.45) is 12.8 Å². The van der Waals surface area contributed by atoms with Crippen LogP contribution in [0.3, 0.4) is 0 Å². The van der Waals surface area contributed by atoms with Gasteiger partial charge in [-0.15, -0.1) is 0 Å². The summed E-state index contributed by atoms with van der Waals surface area (Å²) in [5, 5.41) is 10.5. The molecule has 2 aromatic carbocycles. The Balaban J connectivity index is 1.44. The van der Waals surface area contributed by atoms with E-state index in [1.807, 2.05) is 31.0 Å². The molecule has 200 valence electrons. The summed E-state index contributed by atoms with van der Waals surface area (Å²) in [5.41, 5.74) is 11.6. The SMILES string of the molecule is COc1cc(C(=O)N2CCC[C@](C)(N)C2)cc2nc(-c3cc4cccc5c4n3CCN5CCCO)n(C)c12. The standard InChI is InChI=1S/C29H36N6O3/c1-29(30)9-5-10-34(18-29)28(37)20-15-21-26(24(17-20)38-3)32(2)27(31-21)23-16-19-7-4-8-22-25(19)35(23)13-12-33(22)11-6-14-36/h4,7-8,15-17,36H,5-6,9-14,18,30H2,1-3H3/t29-/m0/s1. The maximum atomic E-state index is 13.5. The number of anilines is 1. The normalized spacial score (nSPS) is 19.5. The van der Waals surface area contributed by atoms with Gasteiger partial charge in [0.25, 0.3) is 5.91 Å². The number of nitrogens with two attached hydrogens (primary N) is 1. The molecule has 9 nitrogen and oxygen atoms in total. The lowest BCUT2D eigenvalue weighted by Gasteiger charge is -2.37. The third kappa shape index (κ3) is 4.01. The smallest absolute Gasteiger partial charge is 0.254 e. The maximum Gasteiger partial charge on any atom is 0.254 e. The lowest BCUT2D eigenvalue weighted by Crippen LogP contribution is -2.53. The van der Waals surface area contributed by atoms with E-state index in [0.717, 1.165) is 66.8 Å². The minimum absolute atomic E-state index is 0.0371. The number of amides is 1. The summed E-state index contributed by atoms with van der Waals surface area (Å²) in [7, 11) is 3.64. The van der Waals surface area contributed by atoms with Crippen molar-refractivity contribution in [3.8, 4) is 17.3 Å². The second-order valence-corrected chi connectivity index (χ2v) is 11.0. The van der Waals surface area contributed by atoms with Crippen LogP contribution in [0.25, 0.3) is 33.5 Å². The third-order valence-corrected chi connectivity index (χ3v) is 8.06. The van der Waals surface area contributed by atoms with Crippen molar-refractivity contribution < 1.29 is 14.6 Å². The van der Waals surface area contributed by atoms with E-state index in [4.69, 9.17) is 15.5 Å². The van der Waals surface area contributed by atoms with E-state index >= 15 is 0 Å². The van der Waals surface area contributed by atoms with E-state index in [1.165, 1.54) is 11.2 Å². The zero-order valence-electron chi connectivity index (χ0n) is 22.4. The van der Waals surface area contributed by atoms with Crippen LogP contribution in [0.2, 0.25) is 0 Å². The number of rotatable bonds is 6. The Kier molecular flexibility index (Phi) is 6.07. The molecule has 1 amide bonds. The summed E-state index contributed by atoms with van der Waals surface area (Å²) in [6.45, 7) is 5.97. The molecule has 0 radical (unpaired) electrons. The molecule has 38 heavy (non-hydrogen) atoms. The number of likely N-dealkylation sites (tertiary alicyclic amines) is 1. The topological polar surface area (TPSA) is 102 Å². The van der Waals surface area contributed by atoms with Crippen molar-refractivity contribution in [1.29, 1.82) is 0 Å². The fourth-order valence-corrected chi connectivity index (χ4v) is 6.26. The van der Waals surface area contributed by atoms with Gasteiger partial charge in [0.05, 0.1) is 29.5 Å². The van der Waals surface area contributed by atoms with Gasteiger partial charge in [0.2, 0.25) is 0 Å². The molecular weight excluding hydrogens is 480 g/mol. The number of aliphatic hydroxyl groups is 1. The molecule has 1 fully saturated rings. The zero-order chi connectivity index (χ0) is 26.6. The molecule has 1 atom stereocenters. The molecule has 4 aromatic rings. The summed E-state index contributed by atoms with van der Waals surface area (Å²) in [5.74, 6) is 1.43. The van der Waals surface area contributed by atoms with Crippen LogP contribution in [-0.4, -0.2) is 75.5 Å². The summed E-state index contributed by atoms with van der Waals surface area (Å²) < 4.78 is 10.2. The Morgan fingerprint density at radius 3 is 2.79 bits per heavy atom. The molecule has 0 spiro atoms. The first kappa shape index (κ1) is 24.8. The summed E-state index contributed by atoms with van der Waals surface area (Å²) >= 11 is 0. The average Bonchev–Trinajstić information content (AvgIpc) is 3.45. The van der Waals surface area contributed by atoms with Crippen molar-refractivity contribution in [2.45, 2.75) is 38.3 Å². The number of methoxy groups -OCH3 is 1. The summed E-state index contributed by atoms with van der Waals surface area (Å²) in [4.78, 5) is 22.7. The first-order valence-corrected chi connectivity index (χ1v) is 13.4. The van der Waals surface area contributed by atoms with E-state index in [2.05, 4.69) is 38.3 Å². The molecule has 2 aliphatic heterocycles. The van der Waals surface area contributed by atoms with Gasteiger partial charge in [-0.05, 0) is 50.5 Å². The molecule has 3 N–H and O–H groups in total. The molecule has 9 heteroatoms. The van der Waals surface area contributed by atoms with Gasteiger partial charge >= 0.3 is 0 Å². The Morgan fingerprint density at radius 2 is 2.03 bits per heavy atom. The second kappa shape index (κ2) is 9.32. The largest absolute Gasteiger partial charge is 0.494 e. The number of aromatic nitrogens is 3. The van der Waals surface area contributed by atoms with Gasteiger partial charge in [-0.25, -0.2) is 4.98 Å². The fourth-order valence-electron chi connectivity index (χ4n) is 6.26. The quantitative estimate of drug-likeness (QED) is 0.408. The molecule has 0 bridgehead atoms. The van der Waals surface area contributed by atoms with Crippen LogP contribution in [0.1, 0.15) is 36.5 Å². The number of fused-ring (bicyclic) bond motifs is 1. The zero-order valence-corrected chi connectivity index (χ0v) is 22.4. The molecule has 2 aromatic heterocycles. The van der Waals surface area contributed by atoms with Crippen molar-refractivity contribution >= 4 is 33.5 Å². The summed E-state index contributed by atoms with van der Waals surface area (Å²) in [6, 6.07) is 12.3. The molecule has 4 heterocycles. The van der Waals surface area contributed by atoms with Crippen LogP contribution in [0.5, 0.6) is 5.75 Å². The van der Waals surface area contributed by atoms with E-state index < -0.39 is 0 Å². The van der Waals surface area contributed by atoms with Crippen LogP contribution in [0, 0.1) is 0 Å². The fraction of sp³-hybridized carbons (Fsp3) is 0.448. The molecule has 6 rings (SSSR count). The highest BCUT2D eigenvalue weighted by Crippen LogP contribution is 2.39. The van der Waals surface area contributed by atoms with Crippen LogP contribution in [-0.2, 0) is 13.6 Å². The van der Waals surface area contributed by atoms with Gasteiger partial charge in [-0.1, -0.05) is 12.1 Å². The van der Waals surface area contributed by atoms with Crippen LogP contribution in [0.15, 0.2) is 36.4 Å². The predicted molar refractivity (Wildman–Crippen MR) is 150 cm³/mol. The number of piperidine rings is 1. The number of aryl methyl sites for hydroxylation is 1. The van der Waals surface area contributed by atoms with E-state index in [9.17, 15) is 9.90 Å². The number of ether oxygens (including phenoxy) is 1. The van der Waals surface area contributed by atoms with Gasteiger partial charge in [0.15, 0.2) is 5.82 Å². The number of nitrogens with zero attached hydrogens (tertiary/aromatic N) is 5. The van der Waals surface area contributed by atoms with Crippen LogP contribution >= 0.6 is 0 Å². The molecule has 0 unspecified atom stereocenters. The molecule has 0 aliphatic carbocycles. The Hall–Kier alpha value is -3.56. The Morgan fingerprint density at radius 1 is 1.18 bits per heavy atom. The molecule has 1 saturated heterocycles. The van der Waals surface area contributed by atoms with Crippen molar-refractivity contribution in [3.63, 3.8) is 0 Å². The number of para-hydroxylation sites is 1. The van der Waals surface area contributed by atoms with Crippen molar-refractivity contribution in [1.82, 2.24) is 19.0 Å². The monoisotopic (exact) mass is 516 g/mol. The first-order chi connectivity index (χ1) is 18.3. The Bertz CT molecular complexity index is 1530. The van der Waals surface area contributed by atoms with E-state index in [1.54, 1.807) is 7.11 Å². The molecule has 2 aliphatic rings. The third-order valence-electron chi connectivity index (χ3n) is 8.06. The van der Waals surface area contributed by atoms with E-state index in [0.29, 0.717) is 24.4 Å². The minimum Gasteiger partial charge on any atom is -0.494 e. The van der Waals surface area contributed by atoms with E-state index in [-0.39, 0.29) is 18.1 Å². The van der Waals surface area contributed by atoms with Crippen LogP contribution in [0.4, 0.5) is 5.69 Å². The van der Waals surface area contributed by atoms with Gasteiger partial charge in [0.1, 0.15) is 11.3 Å². The molecule has 0 saturated carbocycles. The highest BCUT2D eigenvalue weighted by atomic mass is 16.5. The number of carbonyl (C=O) groups excluding carboxylic acids is 1. The average molecular weight is 517 g/mol.